The molecule has 0 aliphatic carbocycles. The zero-order valence-corrected chi connectivity index (χ0v) is 8.35. The highest BCUT2D eigenvalue weighted by molar-refractivity contribution is 5.26. The highest BCUT2D eigenvalue weighted by Crippen LogP contribution is 2.20. The number of nitrogens with zero attached hydrogens (tertiary/aromatic N) is 1. The number of benzene rings is 1. The van der Waals surface area contributed by atoms with Gasteiger partial charge in [-0.15, -0.1) is 0 Å². The first-order chi connectivity index (χ1) is 7.83. The van der Waals surface area contributed by atoms with Gasteiger partial charge in [-0.3, -0.25) is 5.32 Å². The summed E-state index contributed by atoms with van der Waals surface area (Å²) >= 11 is 0. The topological polar surface area (TPSA) is 35.8 Å². The Morgan fingerprint density at radius 1 is 1.29 bits per heavy atom. The standard InChI is InChI=1S/C10H7F5N2/c11-6-1-2-7(8(12)3-6)9(4-16)17-5-10(13,14)15/h1-3,9,17H,5H2. The lowest BCUT2D eigenvalue weighted by molar-refractivity contribution is -0.125. The summed E-state index contributed by atoms with van der Waals surface area (Å²) in [6.45, 7) is -1.43. The fraction of sp³-hybridized carbons (Fsp3) is 0.300. The Kier molecular flexibility index (Phi) is 4.02. The van der Waals surface area contributed by atoms with Crippen LogP contribution in [0.2, 0.25) is 0 Å². The number of rotatable bonds is 3. The molecule has 1 aromatic rings. The van der Waals surface area contributed by atoms with Crippen molar-refractivity contribution in [1.29, 1.82) is 5.26 Å². The molecular formula is C10H7F5N2. The minimum absolute atomic E-state index is 0.321. The molecule has 2 nitrogen and oxygen atoms in total. The monoisotopic (exact) mass is 250 g/mol. The number of nitriles is 1. The van der Waals surface area contributed by atoms with Crippen molar-refractivity contribution >= 4 is 0 Å². The van der Waals surface area contributed by atoms with Crippen LogP contribution in [0.3, 0.4) is 0 Å². The smallest absolute Gasteiger partial charge is 0.290 e. The first-order valence-corrected chi connectivity index (χ1v) is 4.48. The van der Waals surface area contributed by atoms with Gasteiger partial charge in [0.25, 0.3) is 0 Å². The van der Waals surface area contributed by atoms with Gasteiger partial charge >= 0.3 is 6.18 Å². The normalized spacial score (nSPS) is 13.2. The van der Waals surface area contributed by atoms with Crippen LogP contribution >= 0.6 is 0 Å². The summed E-state index contributed by atoms with van der Waals surface area (Å²) in [7, 11) is 0. The van der Waals surface area contributed by atoms with Gasteiger partial charge < -0.3 is 0 Å². The molecule has 0 radical (unpaired) electrons. The zero-order chi connectivity index (χ0) is 13.1. The molecule has 7 heteroatoms. The summed E-state index contributed by atoms with van der Waals surface area (Å²) in [5.74, 6) is -1.93. The Morgan fingerprint density at radius 3 is 2.41 bits per heavy atom. The highest BCUT2D eigenvalue weighted by Gasteiger charge is 2.29. The van der Waals surface area contributed by atoms with Crippen LogP contribution in [0.15, 0.2) is 18.2 Å². The molecular weight excluding hydrogens is 243 g/mol. The highest BCUT2D eigenvalue weighted by atomic mass is 19.4. The average Bonchev–Trinajstić information content (AvgIpc) is 2.19. The number of halogens is 5. The first kappa shape index (κ1) is 13.4. The Labute approximate surface area is 93.7 Å². The van der Waals surface area contributed by atoms with Gasteiger partial charge in [0.05, 0.1) is 12.6 Å². The molecule has 0 bridgehead atoms. The van der Waals surface area contributed by atoms with Crippen LogP contribution in [0.1, 0.15) is 11.6 Å². The predicted octanol–water partition coefficient (Wildman–Crippen LogP) is 2.68. The third-order valence-corrected chi connectivity index (χ3v) is 1.91. The quantitative estimate of drug-likeness (QED) is 0.837. The van der Waals surface area contributed by atoms with Gasteiger partial charge in [0.2, 0.25) is 0 Å². The van der Waals surface area contributed by atoms with Crippen LogP contribution in [0.25, 0.3) is 0 Å². The summed E-state index contributed by atoms with van der Waals surface area (Å²) in [6, 6.07) is 2.32. The molecule has 0 heterocycles. The van der Waals surface area contributed by atoms with Crippen molar-refractivity contribution in [3.05, 3.63) is 35.4 Å². The molecule has 0 aliphatic heterocycles. The van der Waals surface area contributed by atoms with Crippen LogP contribution in [0, 0.1) is 23.0 Å². The lowest BCUT2D eigenvalue weighted by Crippen LogP contribution is -2.31. The van der Waals surface area contributed by atoms with Gasteiger partial charge in [0.1, 0.15) is 17.7 Å². The van der Waals surface area contributed by atoms with E-state index in [2.05, 4.69) is 0 Å². The molecule has 1 N–H and O–H groups in total. The summed E-state index contributed by atoms with van der Waals surface area (Å²) in [5.41, 5.74) is -0.321. The molecule has 1 unspecified atom stereocenters. The molecule has 17 heavy (non-hydrogen) atoms. The lowest BCUT2D eigenvalue weighted by Gasteiger charge is -2.14. The van der Waals surface area contributed by atoms with E-state index in [4.69, 9.17) is 5.26 Å². The van der Waals surface area contributed by atoms with E-state index < -0.39 is 30.4 Å². The largest absolute Gasteiger partial charge is 0.401 e. The molecule has 92 valence electrons. The van der Waals surface area contributed by atoms with Crippen LogP contribution < -0.4 is 5.32 Å². The van der Waals surface area contributed by atoms with E-state index >= 15 is 0 Å². The Balaban J connectivity index is 2.84. The van der Waals surface area contributed by atoms with E-state index in [1.807, 2.05) is 5.32 Å². The fourth-order valence-electron chi connectivity index (χ4n) is 1.18. The lowest BCUT2D eigenvalue weighted by atomic mass is 10.1. The third-order valence-electron chi connectivity index (χ3n) is 1.91. The van der Waals surface area contributed by atoms with Crippen molar-refractivity contribution in [2.24, 2.45) is 0 Å². The average molecular weight is 250 g/mol. The second-order valence-electron chi connectivity index (χ2n) is 3.22. The van der Waals surface area contributed by atoms with Crippen LogP contribution in [-0.2, 0) is 0 Å². The van der Waals surface area contributed by atoms with Gasteiger partial charge in [0.15, 0.2) is 0 Å². The minimum Gasteiger partial charge on any atom is -0.290 e. The summed E-state index contributed by atoms with van der Waals surface area (Å²) in [4.78, 5) is 0. The Hall–Kier alpha value is -1.68. The first-order valence-electron chi connectivity index (χ1n) is 4.48. The summed E-state index contributed by atoms with van der Waals surface area (Å²) < 4.78 is 61.5. The Morgan fingerprint density at radius 2 is 1.94 bits per heavy atom. The molecule has 0 fully saturated rings. The van der Waals surface area contributed by atoms with E-state index in [1.54, 1.807) is 0 Å². The number of nitrogens with one attached hydrogen (secondary N) is 1. The van der Waals surface area contributed by atoms with Crippen LogP contribution in [0.5, 0.6) is 0 Å². The number of hydrogen-bond donors (Lipinski definition) is 1. The van der Waals surface area contributed by atoms with Crippen molar-refractivity contribution in [1.82, 2.24) is 5.32 Å². The maximum absolute atomic E-state index is 13.2. The zero-order valence-electron chi connectivity index (χ0n) is 8.35. The molecule has 0 amide bonds. The predicted molar refractivity (Wildman–Crippen MR) is 48.8 cm³/mol. The molecule has 1 atom stereocenters. The van der Waals surface area contributed by atoms with Crippen molar-refractivity contribution in [2.45, 2.75) is 12.2 Å². The number of hydrogen-bond acceptors (Lipinski definition) is 2. The second kappa shape index (κ2) is 5.10. The maximum atomic E-state index is 13.2. The van der Waals surface area contributed by atoms with E-state index in [-0.39, 0.29) is 5.56 Å². The number of alkyl halides is 3. The van der Waals surface area contributed by atoms with Crippen LogP contribution in [-0.4, -0.2) is 12.7 Å². The van der Waals surface area contributed by atoms with Gasteiger partial charge in [-0.1, -0.05) is 6.07 Å². The van der Waals surface area contributed by atoms with Crippen molar-refractivity contribution in [3.8, 4) is 6.07 Å². The molecule has 0 saturated carbocycles. The molecule has 0 saturated heterocycles. The second-order valence-corrected chi connectivity index (χ2v) is 3.22. The van der Waals surface area contributed by atoms with Gasteiger partial charge in [-0.25, -0.2) is 8.78 Å². The van der Waals surface area contributed by atoms with E-state index in [0.717, 1.165) is 12.1 Å². The van der Waals surface area contributed by atoms with E-state index in [0.29, 0.717) is 6.07 Å². The SMILES string of the molecule is N#CC(NCC(F)(F)F)c1ccc(F)cc1F. The molecule has 1 aromatic carbocycles. The molecule has 0 spiro atoms. The van der Waals surface area contributed by atoms with E-state index in [9.17, 15) is 22.0 Å². The van der Waals surface area contributed by atoms with Crippen LogP contribution in [0.4, 0.5) is 22.0 Å². The van der Waals surface area contributed by atoms with Gasteiger partial charge in [0, 0.05) is 11.6 Å². The summed E-state index contributed by atoms with van der Waals surface area (Å²) in [6.07, 6.45) is -4.51. The summed E-state index contributed by atoms with van der Waals surface area (Å²) in [5, 5.41) is 10.5. The molecule has 1 rings (SSSR count). The van der Waals surface area contributed by atoms with Crippen molar-refractivity contribution in [3.63, 3.8) is 0 Å². The minimum atomic E-state index is -4.51. The van der Waals surface area contributed by atoms with Gasteiger partial charge in [-0.2, -0.15) is 18.4 Å². The van der Waals surface area contributed by atoms with Crippen molar-refractivity contribution < 1.29 is 22.0 Å². The van der Waals surface area contributed by atoms with Crippen molar-refractivity contribution in [2.75, 3.05) is 6.54 Å². The maximum Gasteiger partial charge on any atom is 0.401 e. The Bertz CT molecular complexity index is 435. The molecule has 0 aromatic heterocycles. The van der Waals surface area contributed by atoms with E-state index in [1.165, 1.54) is 6.07 Å². The fourth-order valence-corrected chi connectivity index (χ4v) is 1.18. The van der Waals surface area contributed by atoms with Gasteiger partial charge in [-0.05, 0) is 6.07 Å². The third kappa shape index (κ3) is 4.00. The molecule has 0 aliphatic rings.